The predicted molar refractivity (Wildman–Crippen MR) is 83.9 cm³/mol. The number of non-ortho nitro benzene ring substituents is 1. The molecule has 0 aliphatic carbocycles. The van der Waals surface area contributed by atoms with Crippen LogP contribution in [-0.2, 0) is 9.53 Å². The molecule has 1 aromatic carbocycles. The zero-order chi connectivity index (χ0) is 17.2. The Hall–Kier alpha value is -2.60. The number of nitro benzene ring substituents is 1. The molecule has 9 heteroatoms. The van der Waals surface area contributed by atoms with Gasteiger partial charge >= 0.3 is 5.97 Å². The lowest BCUT2D eigenvalue weighted by Gasteiger charge is -2.16. The van der Waals surface area contributed by atoms with Gasteiger partial charge < -0.3 is 10.1 Å². The fraction of sp³-hybridized carbons (Fsp3) is 0.357. The monoisotopic (exact) mass is 337 g/mol. The van der Waals surface area contributed by atoms with E-state index >= 15 is 0 Å². The lowest BCUT2D eigenvalue weighted by Crippen LogP contribution is -2.42. The third-order valence-corrected chi connectivity index (χ3v) is 3.44. The van der Waals surface area contributed by atoms with Crippen molar-refractivity contribution in [2.75, 3.05) is 18.6 Å². The van der Waals surface area contributed by atoms with Gasteiger partial charge in [-0.3, -0.25) is 14.9 Å². The van der Waals surface area contributed by atoms with Gasteiger partial charge in [0.05, 0.1) is 4.92 Å². The van der Waals surface area contributed by atoms with Gasteiger partial charge in [0.15, 0.2) is 6.61 Å². The molecule has 0 aliphatic rings. The molecule has 0 saturated carbocycles. The standard InChI is InChI=1S/C14H15N3O5S/c1-23-8-5-12(14(19)22-7-6-15)16-13(18)10-3-2-4-11(9-10)17(20)21/h2-4,9,12H,5,7-8H2,1H3,(H,16,18)/t12-/m0/s1. The minimum Gasteiger partial charge on any atom is -0.449 e. The molecule has 1 atom stereocenters. The number of esters is 1. The van der Waals surface area contributed by atoms with Crippen molar-refractivity contribution in [3.05, 3.63) is 39.9 Å². The zero-order valence-corrected chi connectivity index (χ0v) is 13.2. The van der Waals surface area contributed by atoms with Gasteiger partial charge in [-0.1, -0.05) is 6.07 Å². The van der Waals surface area contributed by atoms with E-state index in [1.165, 1.54) is 30.0 Å². The second-order valence-corrected chi connectivity index (χ2v) is 5.37. The summed E-state index contributed by atoms with van der Waals surface area (Å²) in [5.41, 5.74) is -0.146. The number of hydrogen-bond donors (Lipinski definition) is 1. The highest BCUT2D eigenvalue weighted by molar-refractivity contribution is 7.98. The zero-order valence-electron chi connectivity index (χ0n) is 12.4. The summed E-state index contributed by atoms with van der Waals surface area (Å²) in [6, 6.07) is 5.96. The summed E-state index contributed by atoms with van der Waals surface area (Å²) in [5, 5.41) is 21.6. The van der Waals surface area contributed by atoms with E-state index in [4.69, 9.17) is 10.00 Å². The number of amides is 1. The number of benzene rings is 1. The molecule has 23 heavy (non-hydrogen) atoms. The number of thioether (sulfide) groups is 1. The van der Waals surface area contributed by atoms with E-state index in [2.05, 4.69) is 5.32 Å². The first-order chi connectivity index (χ1) is 11.0. The first kappa shape index (κ1) is 18.4. The second kappa shape index (κ2) is 9.42. The van der Waals surface area contributed by atoms with Crippen molar-refractivity contribution in [3.8, 4) is 6.07 Å². The van der Waals surface area contributed by atoms with Crippen molar-refractivity contribution < 1.29 is 19.2 Å². The highest BCUT2D eigenvalue weighted by atomic mass is 32.2. The lowest BCUT2D eigenvalue weighted by atomic mass is 10.1. The Kier molecular flexibility index (Phi) is 7.56. The van der Waals surface area contributed by atoms with Gasteiger partial charge in [0.2, 0.25) is 0 Å². The summed E-state index contributed by atoms with van der Waals surface area (Å²) >= 11 is 1.49. The van der Waals surface area contributed by atoms with Crippen LogP contribution < -0.4 is 5.32 Å². The molecule has 0 bridgehead atoms. The molecule has 0 aromatic heterocycles. The molecule has 0 radical (unpaired) electrons. The van der Waals surface area contributed by atoms with Crippen LogP contribution in [0.3, 0.4) is 0 Å². The number of rotatable bonds is 8. The van der Waals surface area contributed by atoms with Crippen LogP contribution in [0.1, 0.15) is 16.8 Å². The number of carbonyl (C=O) groups is 2. The minimum atomic E-state index is -0.914. The van der Waals surface area contributed by atoms with Gasteiger partial charge in [-0.2, -0.15) is 17.0 Å². The number of nitro groups is 1. The van der Waals surface area contributed by atoms with E-state index in [1.54, 1.807) is 6.07 Å². The largest absolute Gasteiger partial charge is 0.449 e. The van der Waals surface area contributed by atoms with Crippen LogP contribution >= 0.6 is 11.8 Å². The number of nitrogens with one attached hydrogen (secondary N) is 1. The highest BCUT2D eigenvalue weighted by Gasteiger charge is 2.23. The van der Waals surface area contributed by atoms with Crippen molar-refractivity contribution in [3.63, 3.8) is 0 Å². The summed E-state index contributed by atoms with van der Waals surface area (Å²) < 4.78 is 4.72. The van der Waals surface area contributed by atoms with E-state index in [9.17, 15) is 19.7 Å². The topological polar surface area (TPSA) is 122 Å². The molecule has 1 aromatic rings. The average molecular weight is 337 g/mol. The molecule has 0 heterocycles. The Morgan fingerprint density at radius 2 is 2.26 bits per heavy atom. The molecular formula is C14H15N3O5S. The maximum absolute atomic E-state index is 12.2. The summed E-state index contributed by atoms with van der Waals surface area (Å²) in [4.78, 5) is 34.1. The number of hydrogen-bond acceptors (Lipinski definition) is 7. The van der Waals surface area contributed by atoms with Crippen molar-refractivity contribution in [1.82, 2.24) is 5.32 Å². The molecule has 0 spiro atoms. The Morgan fingerprint density at radius 1 is 1.52 bits per heavy atom. The quantitative estimate of drug-likeness (QED) is 0.433. The summed E-state index contributed by atoms with van der Waals surface area (Å²) in [7, 11) is 0. The average Bonchev–Trinajstić information content (AvgIpc) is 2.56. The van der Waals surface area contributed by atoms with Gasteiger partial charge in [-0.25, -0.2) is 4.79 Å². The number of ether oxygens (including phenoxy) is 1. The maximum Gasteiger partial charge on any atom is 0.329 e. The fourth-order valence-corrected chi connectivity index (χ4v) is 2.16. The first-order valence-electron chi connectivity index (χ1n) is 6.57. The Balaban J connectivity index is 2.83. The SMILES string of the molecule is CSCC[C@H](NC(=O)c1cccc([N+](=O)[O-])c1)C(=O)OCC#N. The molecule has 1 amide bonds. The van der Waals surface area contributed by atoms with E-state index in [0.29, 0.717) is 12.2 Å². The Morgan fingerprint density at radius 3 is 2.87 bits per heavy atom. The van der Waals surface area contributed by atoms with E-state index in [0.717, 1.165) is 6.07 Å². The van der Waals surface area contributed by atoms with Gasteiger partial charge in [0, 0.05) is 17.7 Å². The molecule has 0 fully saturated rings. The van der Waals surface area contributed by atoms with Crippen LogP contribution in [0.2, 0.25) is 0 Å². The van der Waals surface area contributed by atoms with Crippen LogP contribution in [0.5, 0.6) is 0 Å². The third kappa shape index (κ3) is 5.96. The molecular weight excluding hydrogens is 322 g/mol. The molecule has 1 N–H and O–H groups in total. The molecule has 0 saturated heterocycles. The van der Waals surface area contributed by atoms with Crippen LogP contribution in [0, 0.1) is 21.4 Å². The van der Waals surface area contributed by atoms with E-state index < -0.39 is 29.4 Å². The maximum atomic E-state index is 12.2. The normalized spacial score (nSPS) is 11.1. The second-order valence-electron chi connectivity index (χ2n) is 4.38. The fourth-order valence-electron chi connectivity index (χ4n) is 1.69. The third-order valence-electron chi connectivity index (χ3n) is 2.80. The van der Waals surface area contributed by atoms with Crippen LogP contribution in [0.25, 0.3) is 0 Å². The molecule has 8 nitrogen and oxygen atoms in total. The predicted octanol–water partition coefficient (Wildman–Crippen LogP) is 1.51. The van der Waals surface area contributed by atoms with Crippen LogP contribution in [0.15, 0.2) is 24.3 Å². The Bertz CT molecular complexity index is 629. The highest BCUT2D eigenvalue weighted by Crippen LogP contribution is 2.13. The molecule has 122 valence electrons. The smallest absolute Gasteiger partial charge is 0.329 e. The van der Waals surface area contributed by atoms with Gasteiger partial charge in [-0.15, -0.1) is 0 Å². The van der Waals surface area contributed by atoms with Crippen molar-refractivity contribution in [2.45, 2.75) is 12.5 Å². The van der Waals surface area contributed by atoms with Gasteiger partial charge in [0.1, 0.15) is 12.1 Å². The Labute approximate surface area is 137 Å². The summed E-state index contributed by atoms with van der Waals surface area (Å²) in [5.74, 6) is -0.727. The van der Waals surface area contributed by atoms with E-state index in [1.807, 2.05) is 6.26 Å². The molecule has 1 rings (SSSR count). The van der Waals surface area contributed by atoms with E-state index in [-0.39, 0.29) is 11.3 Å². The lowest BCUT2D eigenvalue weighted by molar-refractivity contribution is -0.384. The molecule has 0 unspecified atom stereocenters. The van der Waals surface area contributed by atoms with Crippen molar-refractivity contribution in [1.29, 1.82) is 5.26 Å². The first-order valence-corrected chi connectivity index (χ1v) is 7.96. The van der Waals surface area contributed by atoms with Crippen LogP contribution in [-0.4, -0.2) is 41.5 Å². The van der Waals surface area contributed by atoms with Gasteiger partial charge in [0.25, 0.3) is 11.6 Å². The summed E-state index contributed by atoms with van der Waals surface area (Å²) in [6.07, 6.45) is 2.17. The number of nitrogens with zero attached hydrogens (tertiary/aromatic N) is 2. The van der Waals surface area contributed by atoms with Crippen molar-refractivity contribution >= 4 is 29.3 Å². The van der Waals surface area contributed by atoms with Crippen molar-refractivity contribution in [2.24, 2.45) is 0 Å². The minimum absolute atomic E-state index is 0.0708. The number of nitriles is 1. The van der Waals surface area contributed by atoms with Crippen LogP contribution in [0.4, 0.5) is 5.69 Å². The molecule has 0 aliphatic heterocycles. The summed E-state index contributed by atoms with van der Waals surface area (Å²) in [6.45, 7) is -0.402. The number of carbonyl (C=O) groups excluding carboxylic acids is 2. The van der Waals surface area contributed by atoms with Gasteiger partial charge in [-0.05, 0) is 24.5 Å².